The van der Waals surface area contributed by atoms with Gasteiger partial charge < -0.3 is 11.1 Å². The van der Waals surface area contributed by atoms with Crippen molar-refractivity contribution in [2.45, 2.75) is 31.6 Å². The van der Waals surface area contributed by atoms with Gasteiger partial charge in [-0.1, -0.05) is 15.9 Å². The molecule has 106 valence electrons. The van der Waals surface area contributed by atoms with Crippen molar-refractivity contribution in [2.75, 3.05) is 18.8 Å². The van der Waals surface area contributed by atoms with E-state index in [0.717, 1.165) is 28.8 Å². The molecule has 3 nitrogen and oxygen atoms in total. The standard InChI is InChI=1S/C14H21BrN2OS/c1-10-8-13(11(2)7-12(10)15)19-9-14(18)17-6-4-3-5-16/h7-8H,3-6,9,16H2,1-2H3,(H,17,18). The maximum atomic E-state index is 11.7. The highest BCUT2D eigenvalue weighted by atomic mass is 79.9. The average Bonchev–Trinajstić information content (AvgIpc) is 2.37. The fourth-order valence-electron chi connectivity index (χ4n) is 1.60. The molecule has 1 aromatic rings. The van der Waals surface area contributed by atoms with Crippen molar-refractivity contribution in [3.63, 3.8) is 0 Å². The zero-order valence-corrected chi connectivity index (χ0v) is 13.9. The van der Waals surface area contributed by atoms with Crippen molar-refractivity contribution in [1.29, 1.82) is 0 Å². The topological polar surface area (TPSA) is 55.1 Å². The van der Waals surface area contributed by atoms with E-state index in [2.05, 4.69) is 47.2 Å². The third kappa shape index (κ3) is 5.97. The van der Waals surface area contributed by atoms with E-state index in [0.29, 0.717) is 12.3 Å². The Morgan fingerprint density at radius 3 is 2.74 bits per heavy atom. The Labute approximate surface area is 127 Å². The molecule has 0 aliphatic carbocycles. The van der Waals surface area contributed by atoms with Gasteiger partial charge in [0.05, 0.1) is 5.75 Å². The summed E-state index contributed by atoms with van der Waals surface area (Å²) >= 11 is 5.09. The molecule has 19 heavy (non-hydrogen) atoms. The summed E-state index contributed by atoms with van der Waals surface area (Å²) in [5, 5.41) is 2.91. The molecular formula is C14H21BrN2OS. The largest absolute Gasteiger partial charge is 0.355 e. The molecule has 3 N–H and O–H groups in total. The second kappa shape index (κ2) is 8.61. The maximum absolute atomic E-state index is 11.7. The number of rotatable bonds is 7. The molecule has 0 radical (unpaired) electrons. The quantitative estimate of drug-likeness (QED) is 0.590. The lowest BCUT2D eigenvalue weighted by atomic mass is 10.2. The number of unbranched alkanes of at least 4 members (excludes halogenated alkanes) is 1. The number of nitrogens with one attached hydrogen (secondary N) is 1. The number of amides is 1. The van der Waals surface area contributed by atoms with E-state index in [4.69, 9.17) is 5.73 Å². The van der Waals surface area contributed by atoms with Crippen LogP contribution >= 0.6 is 27.7 Å². The molecule has 0 aromatic heterocycles. The fourth-order valence-corrected chi connectivity index (χ4v) is 2.99. The van der Waals surface area contributed by atoms with Gasteiger partial charge in [-0.05, 0) is 56.5 Å². The van der Waals surface area contributed by atoms with Gasteiger partial charge in [-0.3, -0.25) is 4.79 Å². The first kappa shape index (κ1) is 16.5. The number of halogens is 1. The van der Waals surface area contributed by atoms with E-state index in [1.54, 1.807) is 11.8 Å². The van der Waals surface area contributed by atoms with Crippen LogP contribution in [0, 0.1) is 13.8 Å². The third-order valence-corrected chi connectivity index (χ3v) is 4.78. The van der Waals surface area contributed by atoms with E-state index in [9.17, 15) is 4.79 Å². The summed E-state index contributed by atoms with van der Waals surface area (Å²) in [7, 11) is 0. The molecule has 1 amide bonds. The van der Waals surface area contributed by atoms with Crippen LogP contribution in [-0.2, 0) is 4.79 Å². The van der Waals surface area contributed by atoms with Crippen molar-refractivity contribution in [1.82, 2.24) is 5.32 Å². The lowest BCUT2D eigenvalue weighted by molar-refractivity contribution is -0.118. The molecule has 0 atom stereocenters. The first-order chi connectivity index (χ1) is 9.04. The van der Waals surface area contributed by atoms with Crippen LogP contribution in [0.2, 0.25) is 0 Å². The zero-order chi connectivity index (χ0) is 14.3. The molecule has 0 aliphatic rings. The SMILES string of the molecule is Cc1cc(SCC(=O)NCCCCN)c(C)cc1Br. The minimum atomic E-state index is 0.0852. The Hall–Kier alpha value is -0.520. The number of carbonyl (C=O) groups excluding carboxylic acids is 1. The lowest BCUT2D eigenvalue weighted by Crippen LogP contribution is -2.26. The molecule has 1 aromatic carbocycles. The van der Waals surface area contributed by atoms with Crippen LogP contribution in [0.15, 0.2) is 21.5 Å². The number of aryl methyl sites for hydroxylation is 2. The van der Waals surface area contributed by atoms with E-state index in [1.807, 2.05) is 0 Å². The van der Waals surface area contributed by atoms with Gasteiger partial charge in [-0.2, -0.15) is 0 Å². The molecule has 0 unspecified atom stereocenters. The van der Waals surface area contributed by atoms with Gasteiger partial charge >= 0.3 is 0 Å². The van der Waals surface area contributed by atoms with E-state index in [-0.39, 0.29) is 5.91 Å². The van der Waals surface area contributed by atoms with Gasteiger partial charge in [0.2, 0.25) is 5.91 Å². The number of benzene rings is 1. The monoisotopic (exact) mass is 344 g/mol. The highest BCUT2D eigenvalue weighted by molar-refractivity contribution is 9.10. The van der Waals surface area contributed by atoms with Crippen molar-refractivity contribution in [3.8, 4) is 0 Å². The smallest absolute Gasteiger partial charge is 0.230 e. The van der Waals surface area contributed by atoms with Crippen LogP contribution in [0.25, 0.3) is 0 Å². The summed E-state index contributed by atoms with van der Waals surface area (Å²) in [6.45, 7) is 5.52. The normalized spacial score (nSPS) is 10.5. The van der Waals surface area contributed by atoms with Crippen LogP contribution in [0.3, 0.4) is 0 Å². The Morgan fingerprint density at radius 2 is 2.05 bits per heavy atom. The van der Waals surface area contributed by atoms with Gasteiger partial charge in [-0.15, -0.1) is 11.8 Å². The summed E-state index contributed by atoms with van der Waals surface area (Å²) in [6, 6.07) is 4.21. The van der Waals surface area contributed by atoms with E-state index < -0.39 is 0 Å². The van der Waals surface area contributed by atoms with Crippen LogP contribution < -0.4 is 11.1 Å². The molecule has 0 saturated heterocycles. The van der Waals surface area contributed by atoms with Crippen LogP contribution in [-0.4, -0.2) is 24.7 Å². The first-order valence-electron chi connectivity index (χ1n) is 6.41. The van der Waals surface area contributed by atoms with Crippen molar-refractivity contribution < 1.29 is 4.79 Å². The Balaban J connectivity index is 2.40. The molecule has 5 heteroatoms. The average molecular weight is 345 g/mol. The molecule has 0 fully saturated rings. The molecule has 0 saturated carbocycles. The predicted octanol–water partition coefficient (Wildman–Crippen LogP) is 3.01. The Morgan fingerprint density at radius 1 is 1.32 bits per heavy atom. The predicted molar refractivity (Wildman–Crippen MR) is 85.6 cm³/mol. The van der Waals surface area contributed by atoms with Gasteiger partial charge in [0.1, 0.15) is 0 Å². The Kier molecular flexibility index (Phi) is 7.49. The number of nitrogens with two attached hydrogens (primary N) is 1. The maximum Gasteiger partial charge on any atom is 0.230 e. The van der Waals surface area contributed by atoms with Crippen LogP contribution in [0.1, 0.15) is 24.0 Å². The summed E-state index contributed by atoms with van der Waals surface area (Å²) in [6.07, 6.45) is 1.90. The minimum absolute atomic E-state index is 0.0852. The number of hydrogen-bond acceptors (Lipinski definition) is 3. The fraction of sp³-hybridized carbons (Fsp3) is 0.500. The molecule has 0 spiro atoms. The first-order valence-corrected chi connectivity index (χ1v) is 8.18. The Bertz CT molecular complexity index is 438. The van der Waals surface area contributed by atoms with E-state index in [1.165, 1.54) is 11.1 Å². The lowest BCUT2D eigenvalue weighted by Gasteiger charge is -2.09. The summed E-state index contributed by atoms with van der Waals surface area (Å²) in [4.78, 5) is 12.8. The van der Waals surface area contributed by atoms with Crippen LogP contribution in [0.4, 0.5) is 0 Å². The second-order valence-corrected chi connectivity index (χ2v) is 6.37. The highest BCUT2D eigenvalue weighted by Gasteiger charge is 2.06. The van der Waals surface area contributed by atoms with Gasteiger partial charge in [0.25, 0.3) is 0 Å². The van der Waals surface area contributed by atoms with Crippen LogP contribution in [0.5, 0.6) is 0 Å². The van der Waals surface area contributed by atoms with Crippen molar-refractivity contribution in [2.24, 2.45) is 5.73 Å². The molecule has 0 bridgehead atoms. The number of thioether (sulfide) groups is 1. The highest BCUT2D eigenvalue weighted by Crippen LogP contribution is 2.28. The van der Waals surface area contributed by atoms with Gasteiger partial charge in [0, 0.05) is 15.9 Å². The minimum Gasteiger partial charge on any atom is -0.355 e. The molecule has 1 rings (SSSR count). The molecular weight excluding hydrogens is 324 g/mol. The summed E-state index contributed by atoms with van der Waals surface area (Å²) in [5.41, 5.74) is 7.79. The summed E-state index contributed by atoms with van der Waals surface area (Å²) < 4.78 is 1.11. The van der Waals surface area contributed by atoms with Gasteiger partial charge in [0.15, 0.2) is 0 Å². The number of hydrogen-bond donors (Lipinski definition) is 2. The summed E-state index contributed by atoms with van der Waals surface area (Å²) in [5.74, 6) is 0.548. The van der Waals surface area contributed by atoms with Crippen molar-refractivity contribution in [3.05, 3.63) is 27.7 Å². The third-order valence-electron chi connectivity index (χ3n) is 2.77. The van der Waals surface area contributed by atoms with Gasteiger partial charge in [-0.25, -0.2) is 0 Å². The number of carbonyl (C=O) groups is 1. The van der Waals surface area contributed by atoms with E-state index >= 15 is 0 Å². The second-order valence-electron chi connectivity index (χ2n) is 4.50. The molecule has 0 aliphatic heterocycles. The zero-order valence-electron chi connectivity index (χ0n) is 11.5. The van der Waals surface area contributed by atoms with Crippen molar-refractivity contribution >= 4 is 33.6 Å². The molecule has 0 heterocycles.